The molecule has 1 aliphatic heterocycles. The first kappa shape index (κ1) is 24.7. The summed E-state index contributed by atoms with van der Waals surface area (Å²) >= 11 is 0. The molecular weight excluding hydrogens is 461 g/mol. The van der Waals surface area contributed by atoms with E-state index in [9.17, 15) is 31.2 Å². The standard InChI is InChI=1S/C21H23F3N4O4S/c1-14(19(29)26-15-6-8-16(9-7-15)33(25,31)32)27-10-12-28(13-11-27)20(30)17-4-2-3-5-18(17)21(22,23)24/h2-9,14H,10-13H2,1H3,(H,26,29)(H2,25,31,32). The number of hydrogen-bond donors (Lipinski definition) is 2. The van der Waals surface area contributed by atoms with Crippen molar-refractivity contribution in [2.24, 2.45) is 5.14 Å². The van der Waals surface area contributed by atoms with Crippen molar-refractivity contribution in [3.63, 3.8) is 0 Å². The van der Waals surface area contributed by atoms with Gasteiger partial charge in [-0.05, 0) is 43.3 Å². The van der Waals surface area contributed by atoms with Crippen molar-refractivity contribution in [2.75, 3.05) is 31.5 Å². The van der Waals surface area contributed by atoms with Gasteiger partial charge in [-0.3, -0.25) is 14.5 Å². The van der Waals surface area contributed by atoms with E-state index in [2.05, 4.69) is 5.32 Å². The first-order valence-electron chi connectivity index (χ1n) is 10.0. The molecule has 2 aromatic carbocycles. The van der Waals surface area contributed by atoms with E-state index in [-0.39, 0.29) is 23.9 Å². The number of primary sulfonamides is 1. The summed E-state index contributed by atoms with van der Waals surface area (Å²) in [5, 5.41) is 7.73. The lowest BCUT2D eigenvalue weighted by atomic mass is 10.1. The fraction of sp³-hybridized carbons (Fsp3) is 0.333. The van der Waals surface area contributed by atoms with Crippen LogP contribution in [0.25, 0.3) is 0 Å². The van der Waals surface area contributed by atoms with Crippen molar-refractivity contribution in [3.05, 3.63) is 59.7 Å². The van der Waals surface area contributed by atoms with E-state index in [0.717, 1.165) is 12.1 Å². The lowest BCUT2D eigenvalue weighted by Crippen LogP contribution is -2.54. The highest BCUT2D eigenvalue weighted by Gasteiger charge is 2.36. The van der Waals surface area contributed by atoms with Gasteiger partial charge in [0.2, 0.25) is 15.9 Å². The molecule has 0 spiro atoms. The lowest BCUT2D eigenvalue weighted by molar-refractivity contribution is -0.138. The number of rotatable bonds is 5. The average molecular weight is 485 g/mol. The van der Waals surface area contributed by atoms with Crippen LogP contribution in [0.5, 0.6) is 0 Å². The predicted molar refractivity (Wildman–Crippen MR) is 115 cm³/mol. The molecule has 1 unspecified atom stereocenters. The van der Waals surface area contributed by atoms with E-state index in [1.807, 2.05) is 4.90 Å². The third-order valence-electron chi connectivity index (χ3n) is 5.44. The van der Waals surface area contributed by atoms with E-state index in [1.165, 1.54) is 41.3 Å². The number of amides is 2. The number of anilines is 1. The number of piperazine rings is 1. The van der Waals surface area contributed by atoms with Gasteiger partial charge in [0.05, 0.1) is 22.1 Å². The highest BCUT2D eigenvalue weighted by molar-refractivity contribution is 7.89. The van der Waals surface area contributed by atoms with Crippen LogP contribution in [0, 0.1) is 0 Å². The van der Waals surface area contributed by atoms with E-state index in [4.69, 9.17) is 5.14 Å². The van der Waals surface area contributed by atoms with Gasteiger partial charge in [-0.25, -0.2) is 13.6 Å². The van der Waals surface area contributed by atoms with E-state index >= 15 is 0 Å². The molecule has 3 rings (SSSR count). The van der Waals surface area contributed by atoms with Crippen molar-refractivity contribution in [3.8, 4) is 0 Å². The lowest BCUT2D eigenvalue weighted by Gasteiger charge is -2.37. The fourth-order valence-corrected chi connectivity index (χ4v) is 4.06. The number of halogens is 3. The molecule has 1 aliphatic rings. The van der Waals surface area contributed by atoms with Crippen LogP contribution >= 0.6 is 0 Å². The number of sulfonamides is 1. The van der Waals surface area contributed by atoms with E-state index in [0.29, 0.717) is 18.8 Å². The molecule has 2 aromatic rings. The summed E-state index contributed by atoms with van der Waals surface area (Å²) in [5.41, 5.74) is -0.984. The summed E-state index contributed by atoms with van der Waals surface area (Å²) in [5.74, 6) is -1.05. The van der Waals surface area contributed by atoms with Crippen LogP contribution in [0.2, 0.25) is 0 Å². The Morgan fingerprint density at radius 2 is 1.58 bits per heavy atom. The van der Waals surface area contributed by atoms with Gasteiger partial charge in [0.25, 0.3) is 5.91 Å². The maximum atomic E-state index is 13.2. The Hall–Kier alpha value is -2.96. The van der Waals surface area contributed by atoms with E-state index in [1.54, 1.807) is 6.92 Å². The van der Waals surface area contributed by atoms with Crippen molar-refractivity contribution >= 4 is 27.5 Å². The Bertz CT molecular complexity index is 1130. The minimum atomic E-state index is -4.63. The molecule has 0 radical (unpaired) electrons. The van der Waals surface area contributed by atoms with Crippen LogP contribution in [0.1, 0.15) is 22.8 Å². The average Bonchev–Trinajstić information content (AvgIpc) is 2.77. The van der Waals surface area contributed by atoms with Gasteiger partial charge >= 0.3 is 6.18 Å². The molecule has 1 heterocycles. The summed E-state index contributed by atoms with van der Waals surface area (Å²) in [6.07, 6.45) is -4.63. The Balaban J connectivity index is 1.59. The van der Waals surface area contributed by atoms with Gasteiger partial charge in [-0.1, -0.05) is 12.1 Å². The predicted octanol–water partition coefficient (Wildman–Crippen LogP) is 2.14. The zero-order valence-corrected chi connectivity index (χ0v) is 18.5. The first-order chi connectivity index (χ1) is 15.4. The Morgan fingerprint density at radius 3 is 2.12 bits per heavy atom. The summed E-state index contributed by atoms with van der Waals surface area (Å²) < 4.78 is 62.3. The molecule has 33 heavy (non-hydrogen) atoms. The molecule has 2 amide bonds. The maximum Gasteiger partial charge on any atom is 0.417 e. The van der Waals surface area contributed by atoms with Crippen LogP contribution in [0.3, 0.4) is 0 Å². The van der Waals surface area contributed by atoms with Crippen molar-refractivity contribution in [1.82, 2.24) is 9.80 Å². The number of nitrogens with two attached hydrogens (primary N) is 1. The zero-order valence-electron chi connectivity index (χ0n) is 17.7. The normalized spacial score (nSPS) is 16.3. The molecule has 0 aliphatic carbocycles. The maximum absolute atomic E-state index is 13.2. The second-order valence-electron chi connectivity index (χ2n) is 7.61. The number of nitrogens with zero attached hydrogens (tertiary/aromatic N) is 2. The minimum Gasteiger partial charge on any atom is -0.336 e. The summed E-state index contributed by atoms with van der Waals surface area (Å²) in [6.45, 7) is 2.62. The van der Waals surface area contributed by atoms with Crippen LogP contribution < -0.4 is 10.5 Å². The van der Waals surface area contributed by atoms with Gasteiger partial charge in [-0.2, -0.15) is 13.2 Å². The third-order valence-corrected chi connectivity index (χ3v) is 6.37. The quantitative estimate of drug-likeness (QED) is 0.675. The van der Waals surface area contributed by atoms with Crippen molar-refractivity contribution in [1.29, 1.82) is 0 Å². The Labute approximate surface area is 189 Å². The largest absolute Gasteiger partial charge is 0.417 e. The van der Waals surface area contributed by atoms with Crippen LogP contribution in [0.15, 0.2) is 53.4 Å². The summed E-state index contributed by atoms with van der Waals surface area (Å²) in [7, 11) is -3.84. The topological polar surface area (TPSA) is 113 Å². The molecule has 178 valence electrons. The zero-order chi connectivity index (χ0) is 24.4. The highest BCUT2D eigenvalue weighted by Crippen LogP contribution is 2.32. The molecule has 1 fully saturated rings. The second-order valence-corrected chi connectivity index (χ2v) is 9.17. The smallest absolute Gasteiger partial charge is 0.336 e. The van der Waals surface area contributed by atoms with Gasteiger partial charge in [0.1, 0.15) is 0 Å². The first-order valence-corrected chi connectivity index (χ1v) is 11.6. The Kier molecular flexibility index (Phi) is 7.10. The number of carbonyl (C=O) groups excluding carboxylic acids is 2. The molecule has 3 N–H and O–H groups in total. The van der Waals surface area contributed by atoms with Gasteiger partial charge < -0.3 is 10.2 Å². The van der Waals surface area contributed by atoms with Crippen LogP contribution in [0.4, 0.5) is 18.9 Å². The van der Waals surface area contributed by atoms with E-state index < -0.39 is 39.3 Å². The third kappa shape index (κ3) is 5.89. The van der Waals surface area contributed by atoms with Gasteiger partial charge in [0, 0.05) is 31.9 Å². The molecule has 12 heteroatoms. The van der Waals surface area contributed by atoms with Crippen LogP contribution in [-0.2, 0) is 21.0 Å². The van der Waals surface area contributed by atoms with Gasteiger partial charge in [0.15, 0.2) is 0 Å². The summed E-state index contributed by atoms with van der Waals surface area (Å²) in [6, 6.07) is 9.47. The Morgan fingerprint density at radius 1 is 1.00 bits per heavy atom. The minimum absolute atomic E-state index is 0.0820. The van der Waals surface area contributed by atoms with Crippen molar-refractivity contribution < 1.29 is 31.2 Å². The van der Waals surface area contributed by atoms with Crippen molar-refractivity contribution in [2.45, 2.75) is 24.0 Å². The number of carbonyl (C=O) groups is 2. The molecule has 1 atom stereocenters. The number of benzene rings is 2. The molecule has 1 saturated heterocycles. The number of nitrogens with one attached hydrogen (secondary N) is 1. The number of hydrogen-bond acceptors (Lipinski definition) is 5. The molecule has 0 bridgehead atoms. The molecule has 8 nitrogen and oxygen atoms in total. The molecular formula is C21H23F3N4O4S. The van der Waals surface area contributed by atoms with Gasteiger partial charge in [-0.15, -0.1) is 0 Å². The monoisotopic (exact) mass is 484 g/mol. The number of alkyl halides is 3. The SMILES string of the molecule is CC(C(=O)Nc1ccc(S(N)(=O)=O)cc1)N1CCN(C(=O)c2ccccc2C(F)(F)F)CC1. The molecule has 0 saturated carbocycles. The second kappa shape index (κ2) is 9.49. The summed E-state index contributed by atoms with van der Waals surface area (Å²) in [4.78, 5) is 28.4. The highest BCUT2D eigenvalue weighted by atomic mass is 32.2. The van der Waals surface area contributed by atoms with Crippen LogP contribution in [-0.4, -0.2) is 62.3 Å². The molecule has 0 aromatic heterocycles. The fourth-order valence-electron chi connectivity index (χ4n) is 3.54.